The van der Waals surface area contributed by atoms with Crippen LogP contribution in [0.1, 0.15) is 26.3 Å². The molecule has 0 heterocycles. The smallest absolute Gasteiger partial charge is 0.338 e. The van der Waals surface area contributed by atoms with E-state index in [0.717, 1.165) is 5.56 Å². The van der Waals surface area contributed by atoms with Crippen molar-refractivity contribution in [2.45, 2.75) is 6.92 Å². The quantitative estimate of drug-likeness (QED) is 0.407. The molecule has 0 saturated heterocycles. The summed E-state index contributed by atoms with van der Waals surface area (Å²) in [5, 5.41) is 17.1. The third-order valence-electron chi connectivity index (χ3n) is 2.94. The van der Waals surface area contributed by atoms with Crippen molar-refractivity contribution in [3.63, 3.8) is 0 Å². The molecule has 8 heteroatoms. The summed E-state index contributed by atoms with van der Waals surface area (Å²) in [4.78, 5) is 24.0. The molecule has 0 unspecified atom stereocenters. The summed E-state index contributed by atoms with van der Waals surface area (Å²) in [5.41, 5.74) is 1.20. The molecule has 1 aromatic carbocycles. The predicted octanol–water partition coefficient (Wildman–Crippen LogP) is 0.326. The molecule has 2 N–H and O–H groups in total. The van der Waals surface area contributed by atoms with Gasteiger partial charge >= 0.3 is 11.9 Å². The number of esters is 2. The van der Waals surface area contributed by atoms with Crippen molar-refractivity contribution in [3.8, 4) is 0 Å². The molecular weight excluding hydrogens is 332 g/mol. The second kappa shape index (κ2) is 12.4. The van der Waals surface area contributed by atoms with Gasteiger partial charge in [0.05, 0.1) is 50.8 Å². The molecule has 8 nitrogen and oxygen atoms in total. The van der Waals surface area contributed by atoms with Crippen LogP contribution < -0.4 is 0 Å². The molecule has 0 saturated carbocycles. The molecule has 0 aliphatic carbocycles. The molecule has 0 aliphatic rings. The van der Waals surface area contributed by atoms with Gasteiger partial charge in [0, 0.05) is 0 Å². The van der Waals surface area contributed by atoms with Gasteiger partial charge in [0.2, 0.25) is 0 Å². The van der Waals surface area contributed by atoms with E-state index in [9.17, 15) is 9.59 Å². The van der Waals surface area contributed by atoms with Crippen LogP contribution in [0.4, 0.5) is 0 Å². The fourth-order valence-corrected chi connectivity index (χ4v) is 1.91. The van der Waals surface area contributed by atoms with Crippen molar-refractivity contribution in [1.82, 2.24) is 0 Å². The Morgan fingerprint density at radius 1 is 0.760 bits per heavy atom. The second-order valence-electron chi connectivity index (χ2n) is 5.03. The first-order valence-corrected chi connectivity index (χ1v) is 7.91. The van der Waals surface area contributed by atoms with Crippen LogP contribution in [0.2, 0.25) is 0 Å². The van der Waals surface area contributed by atoms with Crippen LogP contribution in [0.5, 0.6) is 0 Å². The monoisotopic (exact) mass is 356 g/mol. The summed E-state index contributed by atoms with van der Waals surface area (Å²) < 4.78 is 20.1. The number of hydrogen-bond donors (Lipinski definition) is 2. The molecule has 0 bridgehead atoms. The van der Waals surface area contributed by atoms with Crippen LogP contribution in [-0.2, 0) is 18.9 Å². The van der Waals surface area contributed by atoms with Crippen LogP contribution in [0.25, 0.3) is 0 Å². The molecule has 0 radical (unpaired) electrons. The van der Waals surface area contributed by atoms with Crippen molar-refractivity contribution in [2.75, 3.05) is 52.9 Å². The van der Waals surface area contributed by atoms with E-state index in [-0.39, 0.29) is 64.0 Å². The molecule has 140 valence electrons. The Balaban J connectivity index is 2.53. The van der Waals surface area contributed by atoms with Gasteiger partial charge in [-0.05, 0) is 30.7 Å². The van der Waals surface area contributed by atoms with E-state index in [4.69, 9.17) is 29.2 Å². The summed E-state index contributed by atoms with van der Waals surface area (Å²) in [6.45, 7) is 2.39. The molecule has 0 atom stereocenters. The van der Waals surface area contributed by atoms with Gasteiger partial charge in [0.15, 0.2) is 0 Å². The Kier molecular flexibility index (Phi) is 10.4. The summed E-state index contributed by atoms with van der Waals surface area (Å²) >= 11 is 0. The number of carbonyl (C=O) groups is 2. The van der Waals surface area contributed by atoms with E-state index >= 15 is 0 Å². The summed E-state index contributed by atoms with van der Waals surface area (Å²) in [6, 6.07) is 4.62. The highest BCUT2D eigenvalue weighted by Crippen LogP contribution is 2.12. The lowest BCUT2D eigenvalue weighted by Crippen LogP contribution is -2.15. The number of ether oxygens (including phenoxy) is 4. The number of carbonyl (C=O) groups excluding carboxylic acids is 2. The zero-order chi connectivity index (χ0) is 18.5. The first-order valence-electron chi connectivity index (χ1n) is 7.91. The minimum absolute atomic E-state index is 0.0503. The normalized spacial score (nSPS) is 10.5. The van der Waals surface area contributed by atoms with Crippen LogP contribution in [0.3, 0.4) is 0 Å². The van der Waals surface area contributed by atoms with Crippen LogP contribution >= 0.6 is 0 Å². The lowest BCUT2D eigenvalue weighted by Gasteiger charge is -2.09. The van der Waals surface area contributed by atoms with Crippen molar-refractivity contribution in [2.24, 2.45) is 0 Å². The Morgan fingerprint density at radius 2 is 1.20 bits per heavy atom. The molecule has 0 aromatic heterocycles. The van der Waals surface area contributed by atoms with Crippen molar-refractivity contribution < 1.29 is 38.7 Å². The van der Waals surface area contributed by atoms with Gasteiger partial charge in [-0.1, -0.05) is 0 Å². The fourth-order valence-electron chi connectivity index (χ4n) is 1.91. The minimum Gasteiger partial charge on any atom is -0.460 e. The third kappa shape index (κ3) is 8.59. The highest BCUT2D eigenvalue weighted by atomic mass is 16.6. The highest BCUT2D eigenvalue weighted by Gasteiger charge is 2.14. The standard InChI is InChI=1S/C17H24O8/c1-13-10-14(16(20)24-8-6-22-4-2-18)12-15(11-13)17(21)25-9-7-23-5-3-19/h10-12,18-19H,2-9H2,1H3. The van der Waals surface area contributed by atoms with Gasteiger partial charge in [-0.15, -0.1) is 0 Å². The van der Waals surface area contributed by atoms with Gasteiger partial charge < -0.3 is 29.2 Å². The molecule has 0 fully saturated rings. The van der Waals surface area contributed by atoms with Gasteiger partial charge in [-0.2, -0.15) is 0 Å². The molecule has 1 rings (SSSR count). The topological polar surface area (TPSA) is 112 Å². The molecule has 0 amide bonds. The van der Waals surface area contributed by atoms with Crippen molar-refractivity contribution in [1.29, 1.82) is 0 Å². The zero-order valence-corrected chi connectivity index (χ0v) is 14.2. The Bertz CT molecular complexity index is 499. The van der Waals surface area contributed by atoms with Crippen molar-refractivity contribution >= 4 is 11.9 Å². The number of aliphatic hydroxyl groups excluding tert-OH is 2. The first-order chi connectivity index (χ1) is 12.1. The van der Waals surface area contributed by atoms with Crippen molar-refractivity contribution in [3.05, 3.63) is 34.9 Å². The average Bonchev–Trinajstić information content (AvgIpc) is 2.60. The average molecular weight is 356 g/mol. The maximum Gasteiger partial charge on any atom is 0.338 e. The van der Waals surface area contributed by atoms with Gasteiger partial charge in [0.25, 0.3) is 0 Å². The van der Waals surface area contributed by atoms with Crippen LogP contribution in [-0.4, -0.2) is 75.0 Å². The minimum atomic E-state index is -0.573. The van der Waals surface area contributed by atoms with E-state index in [2.05, 4.69) is 0 Å². The Morgan fingerprint density at radius 3 is 1.60 bits per heavy atom. The van der Waals surface area contributed by atoms with E-state index < -0.39 is 11.9 Å². The summed E-state index contributed by atoms with van der Waals surface area (Å²) in [7, 11) is 0. The predicted molar refractivity (Wildman–Crippen MR) is 87.6 cm³/mol. The molecular formula is C17H24O8. The van der Waals surface area contributed by atoms with E-state index in [1.807, 2.05) is 0 Å². The Hall–Kier alpha value is -2.00. The lowest BCUT2D eigenvalue weighted by molar-refractivity contribution is 0.0256. The molecule has 0 aliphatic heterocycles. The maximum atomic E-state index is 12.0. The zero-order valence-electron chi connectivity index (χ0n) is 14.2. The highest BCUT2D eigenvalue weighted by molar-refractivity contribution is 5.95. The van der Waals surface area contributed by atoms with E-state index in [1.165, 1.54) is 6.07 Å². The second-order valence-corrected chi connectivity index (χ2v) is 5.03. The van der Waals surface area contributed by atoms with Gasteiger partial charge in [-0.3, -0.25) is 0 Å². The van der Waals surface area contributed by atoms with E-state index in [0.29, 0.717) is 0 Å². The number of hydrogen-bond acceptors (Lipinski definition) is 8. The fraction of sp³-hybridized carbons (Fsp3) is 0.529. The van der Waals surface area contributed by atoms with E-state index in [1.54, 1.807) is 19.1 Å². The molecule has 25 heavy (non-hydrogen) atoms. The summed E-state index contributed by atoms with van der Waals surface area (Å²) in [5.74, 6) is -1.15. The first kappa shape index (κ1) is 21.0. The lowest BCUT2D eigenvalue weighted by atomic mass is 10.1. The number of aryl methyl sites for hydroxylation is 1. The summed E-state index contributed by atoms with van der Waals surface area (Å²) in [6.07, 6.45) is 0. The van der Waals surface area contributed by atoms with Gasteiger partial charge in [0.1, 0.15) is 13.2 Å². The maximum absolute atomic E-state index is 12.0. The van der Waals surface area contributed by atoms with Gasteiger partial charge in [-0.25, -0.2) is 9.59 Å². The molecule has 1 aromatic rings. The Labute approximate surface area is 146 Å². The van der Waals surface area contributed by atoms with Crippen LogP contribution in [0.15, 0.2) is 18.2 Å². The number of benzene rings is 1. The number of rotatable bonds is 12. The third-order valence-corrected chi connectivity index (χ3v) is 2.94. The van der Waals surface area contributed by atoms with Crippen LogP contribution in [0, 0.1) is 6.92 Å². The molecule has 0 spiro atoms. The SMILES string of the molecule is Cc1cc(C(=O)OCCOCCO)cc(C(=O)OCCOCCO)c1. The number of aliphatic hydroxyl groups is 2. The largest absolute Gasteiger partial charge is 0.460 e.